The van der Waals surface area contributed by atoms with E-state index >= 15 is 0 Å². The number of rotatable bonds is 3. The van der Waals surface area contributed by atoms with Crippen molar-refractivity contribution in [3.8, 4) is 0 Å². The molecule has 1 fully saturated rings. The maximum absolute atomic E-state index is 10.4. The number of aromatic nitrogens is 1. The Balaban J connectivity index is 1.98. The van der Waals surface area contributed by atoms with Crippen molar-refractivity contribution < 1.29 is 9.84 Å². The van der Waals surface area contributed by atoms with Crippen molar-refractivity contribution in [3.05, 3.63) is 24.4 Å². The van der Waals surface area contributed by atoms with Crippen molar-refractivity contribution >= 4 is 5.82 Å². The van der Waals surface area contributed by atoms with Gasteiger partial charge in [0.05, 0.1) is 5.60 Å². The lowest BCUT2D eigenvalue weighted by Crippen LogP contribution is -2.45. The molecule has 0 bridgehead atoms. The van der Waals surface area contributed by atoms with Gasteiger partial charge in [-0.15, -0.1) is 0 Å². The van der Waals surface area contributed by atoms with E-state index in [4.69, 9.17) is 4.74 Å². The third-order valence-corrected chi connectivity index (χ3v) is 3.00. The summed E-state index contributed by atoms with van der Waals surface area (Å²) in [5.41, 5.74) is -0.634. The minimum Gasteiger partial charge on any atom is -0.388 e. The summed E-state index contributed by atoms with van der Waals surface area (Å²) in [7, 11) is 1.95. The van der Waals surface area contributed by atoms with Gasteiger partial charge >= 0.3 is 0 Å². The maximum atomic E-state index is 10.4. The fraction of sp³-hybridized carbons (Fsp3) is 0.583. The van der Waals surface area contributed by atoms with Crippen LogP contribution in [0.4, 0.5) is 5.82 Å². The van der Waals surface area contributed by atoms with Gasteiger partial charge in [0, 0.05) is 45.8 Å². The molecule has 0 unspecified atom stereocenters. The summed E-state index contributed by atoms with van der Waals surface area (Å²) >= 11 is 0. The molecule has 4 nitrogen and oxygen atoms in total. The monoisotopic (exact) mass is 222 g/mol. The summed E-state index contributed by atoms with van der Waals surface area (Å²) in [4.78, 5) is 6.25. The molecule has 0 radical (unpaired) electrons. The van der Waals surface area contributed by atoms with Crippen molar-refractivity contribution in [2.75, 3.05) is 31.7 Å². The van der Waals surface area contributed by atoms with Crippen molar-refractivity contribution in [1.29, 1.82) is 0 Å². The van der Waals surface area contributed by atoms with Crippen molar-refractivity contribution in [2.24, 2.45) is 0 Å². The molecule has 1 saturated heterocycles. The van der Waals surface area contributed by atoms with Crippen molar-refractivity contribution in [3.63, 3.8) is 0 Å². The number of nitrogens with zero attached hydrogens (tertiary/aromatic N) is 2. The Bertz CT molecular complexity index is 323. The second-order valence-corrected chi connectivity index (χ2v) is 4.38. The summed E-state index contributed by atoms with van der Waals surface area (Å²) in [6.07, 6.45) is 3.16. The summed E-state index contributed by atoms with van der Waals surface area (Å²) in [5, 5.41) is 10.4. The smallest absolute Gasteiger partial charge is 0.128 e. The zero-order chi connectivity index (χ0) is 11.4. The first-order chi connectivity index (χ1) is 7.70. The SMILES string of the molecule is CN(CC1(O)CCOCC1)c1ccccn1. The average Bonchev–Trinajstić information content (AvgIpc) is 2.30. The maximum Gasteiger partial charge on any atom is 0.128 e. The van der Waals surface area contributed by atoms with Gasteiger partial charge in [-0.2, -0.15) is 0 Å². The van der Waals surface area contributed by atoms with Crippen molar-refractivity contribution in [2.45, 2.75) is 18.4 Å². The van der Waals surface area contributed by atoms with Crippen LogP contribution in [0.15, 0.2) is 24.4 Å². The van der Waals surface area contributed by atoms with Gasteiger partial charge in [-0.1, -0.05) is 6.07 Å². The molecule has 1 N–H and O–H groups in total. The third kappa shape index (κ3) is 2.71. The molecule has 16 heavy (non-hydrogen) atoms. The quantitative estimate of drug-likeness (QED) is 0.830. The van der Waals surface area contributed by atoms with Gasteiger partial charge in [-0.25, -0.2) is 4.98 Å². The molecule has 2 rings (SSSR count). The summed E-state index contributed by atoms with van der Waals surface area (Å²) in [6, 6.07) is 5.79. The summed E-state index contributed by atoms with van der Waals surface area (Å²) in [5.74, 6) is 0.891. The van der Waals surface area contributed by atoms with Gasteiger partial charge in [0.2, 0.25) is 0 Å². The van der Waals surface area contributed by atoms with Gasteiger partial charge in [0.1, 0.15) is 5.82 Å². The van der Waals surface area contributed by atoms with Crippen LogP contribution >= 0.6 is 0 Å². The van der Waals surface area contributed by atoms with E-state index in [1.165, 1.54) is 0 Å². The molecule has 0 atom stereocenters. The Hall–Kier alpha value is -1.13. The molecule has 1 aromatic rings. The molecule has 4 heteroatoms. The highest BCUT2D eigenvalue weighted by Gasteiger charge is 2.31. The van der Waals surface area contributed by atoms with Gasteiger partial charge < -0.3 is 14.7 Å². The molecule has 1 aromatic heterocycles. The lowest BCUT2D eigenvalue weighted by atomic mass is 9.94. The Labute approximate surface area is 95.9 Å². The topological polar surface area (TPSA) is 45.6 Å². The number of anilines is 1. The van der Waals surface area contributed by atoms with Gasteiger partial charge in [-0.05, 0) is 12.1 Å². The molecule has 2 heterocycles. The molecule has 0 amide bonds. The van der Waals surface area contributed by atoms with Crippen LogP contribution in [0.1, 0.15) is 12.8 Å². The second-order valence-electron chi connectivity index (χ2n) is 4.38. The molecule has 1 aliphatic rings. The predicted molar refractivity (Wildman–Crippen MR) is 62.5 cm³/mol. The van der Waals surface area contributed by atoms with E-state index in [1.807, 2.05) is 30.1 Å². The molecule has 0 spiro atoms. The van der Waals surface area contributed by atoms with E-state index in [0.29, 0.717) is 32.6 Å². The van der Waals surface area contributed by atoms with Crippen LogP contribution in [-0.4, -0.2) is 42.5 Å². The fourth-order valence-corrected chi connectivity index (χ4v) is 2.01. The van der Waals surface area contributed by atoms with Gasteiger partial charge in [-0.3, -0.25) is 0 Å². The number of ether oxygens (including phenoxy) is 1. The van der Waals surface area contributed by atoms with E-state index in [1.54, 1.807) is 6.20 Å². The van der Waals surface area contributed by atoms with Gasteiger partial charge in [0.15, 0.2) is 0 Å². The first-order valence-corrected chi connectivity index (χ1v) is 5.62. The normalized spacial score (nSPS) is 19.4. The molecule has 88 valence electrons. The minimum absolute atomic E-state index is 0.605. The standard InChI is InChI=1S/C12H18N2O2/c1-14(11-4-2-3-7-13-11)10-12(15)5-8-16-9-6-12/h2-4,7,15H,5-6,8-10H2,1H3. The highest BCUT2D eigenvalue weighted by molar-refractivity contribution is 5.37. The van der Waals surface area contributed by atoms with Crippen LogP contribution in [0, 0.1) is 0 Å². The molecular formula is C12H18N2O2. The molecule has 0 saturated carbocycles. The first kappa shape index (κ1) is 11.4. The Morgan fingerprint density at radius 3 is 2.81 bits per heavy atom. The number of likely N-dealkylation sites (N-methyl/N-ethyl adjacent to an activating group) is 1. The van der Waals surface area contributed by atoms with Crippen LogP contribution in [0.25, 0.3) is 0 Å². The second kappa shape index (κ2) is 4.80. The molecule has 1 aliphatic heterocycles. The molecular weight excluding hydrogens is 204 g/mol. The van der Waals surface area contributed by atoms with Crippen LogP contribution in [-0.2, 0) is 4.74 Å². The van der Waals surface area contributed by atoms with E-state index in [9.17, 15) is 5.11 Å². The van der Waals surface area contributed by atoms with E-state index in [0.717, 1.165) is 5.82 Å². The predicted octanol–water partition coefficient (Wildman–Crippen LogP) is 1.06. The number of pyridine rings is 1. The van der Waals surface area contributed by atoms with Crippen LogP contribution in [0.5, 0.6) is 0 Å². The van der Waals surface area contributed by atoms with E-state index < -0.39 is 5.60 Å². The fourth-order valence-electron chi connectivity index (χ4n) is 2.01. The summed E-state index contributed by atoms with van der Waals surface area (Å²) in [6.45, 7) is 1.90. The Morgan fingerprint density at radius 2 is 2.19 bits per heavy atom. The molecule has 0 aliphatic carbocycles. The minimum atomic E-state index is -0.634. The number of aliphatic hydroxyl groups is 1. The Morgan fingerprint density at radius 1 is 1.44 bits per heavy atom. The Kier molecular flexibility index (Phi) is 3.41. The zero-order valence-corrected chi connectivity index (χ0v) is 9.59. The van der Waals surface area contributed by atoms with Gasteiger partial charge in [0.25, 0.3) is 0 Å². The number of hydrogen-bond acceptors (Lipinski definition) is 4. The van der Waals surface area contributed by atoms with Crippen molar-refractivity contribution in [1.82, 2.24) is 4.98 Å². The van der Waals surface area contributed by atoms with Crippen LogP contribution in [0.3, 0.4) is 0 Å². The third-order valence-electron chi connectivity index (χ3n) is 3.00. The lowest BCUT2D eigenvalue weighted by Gasteiger charge is -2.35. The van der Waals surface area contributed by atoms with E-state index in [-0.39, 0.29) is 0 Å². The first-order valence-electron chi connectivity index (χ1n) is 5.62. The van der Waals surface area contributed by atoms with Crippen LogP contribution < -0.4 is 4.90 Å². The lowest BCUT2D eigenvalue weighted by molar-refractivity contribution is -0.0573. The zero-order valence-electron chi connectivity index (χ0n) is 9.59. The largest absolute Gasteiger partial charge is 0.388 e. The highest BCUT2D eigenvalue weighted by atomic mass is 16.5. The highest BCUT2D eigenvalue weighted by Crippen LogP contribution is 2.22. The summed E-state index contributed by atoms with van der Waals surface area (Å²) < 4.78 is 5.26. The number of hydrogen-bond donors (Lipinski definition) is 1. The van der Waals surface area contributed by atoms with E-state index in [2.05, 4.69) is 4.98 Å². The average molecular weight is 222 g/mol. The van der Waals surface area contributed by atoms with Crippen LogP contribution in [0.2, 0.25) is 0 Å². The molecule has 0 aromatic carbocycles.